The van der Waals surface area contributed by atoms with Crippen LogP contribution in [0.5, 0.6) is 0 Å². The summed E-state index contributed by atoms with van der Waals surface area (Å²) in [5.41, 5.74) is 7.40. The number of hydrogen-bond donors (Lipinski definition) is 0. The van der Waals surface area contributed by atoms with Gasteiger partial charge in [-0.1, -0.05) is 47.4 Å². The van der Waals surface area contributed by atoms with E-state index in [9.17, 15) is 0 Å². The van der Waals surface area contributed by atoms with Crippen molar-refractivity contribution < 1.29 is 0 Å². The molecular weight excluding hydrogens is 609 g/mol. The van der Waals surface area contributed by atoms with E-state index in [-0.39, 0.29) is 0 Å². The summed E-state index contributed by atoms with van der Waals surface area (Å²) >= 11 is 6.38. The standard InChI is InChI=1S/C40H16S4/c1-2-30-4-3-29(1)9-13-33-21-25-43-39(33)19-15-35-23-27-41-37(35)17-11-31-5-7-32(8-6-31)12-18-38-36(24-28-42-38)16-20-40-34(14-10-30)22-26-44-40/h1-8,21-28H. The lowest BCUT2D eigenvalue weighted by Crippen LogP contribution is -1.81. The molecule has 4 aromatic heterocycles. The molecule has 4 bridgehead atoms. The average molecular weight is 625 g/mol. The quantitative estimate of drug-likeness (QED) is 0.148. The van der Waals surface area contributed by atoms with Crippen molar-refractivity contribution in [1.29, 1.82) is 0 Å². The van der Waals surface area contributed by atoms with E-state index in [0.717, 1.165) is 64.0 Å². The zero-order chi connectivity index (χ0) is 29.6. The lowest BCUT2D eigenvalue weighted by molar-refractivity contribution is 1.60. The first-order valence-electron chi connectivity index (χ1n) is 13.4. The van der Waals surface area contributed by atoms with Gasteiger partial charge in [0, 0.05) is 22.3 Å². The molecular formula is C40H16S4. The highest BCUT2D eigenvalue weighted by molar-refractivity contribution is 7.11. The van der Waals surface area contributed by atoms with Crippen LogP contribution in [0.3, 0.4) is 0 Å². The maximum atomic E-state index is 3.32. The molecule has 0 radical (unpaired) electrons. The van der Waals surface area contributed by atoms with Gasteiger partial charge in [-0.3, -0.25) is 0 Å². The molecule has 10 rings (SSSR count). The second-order valence-electron chi connectivity index (χ2n) is 9.31. The van der Waals surface area contributed by atoms with Gasteiger partial charge in [-0.2, -0.15) is 0 Å². The van der Waals surface area contributed by atoms with Gasteiger partial charge in [-0.05, 0) is 118 Å². The minimum Gasteiger partial charge on any atom is -0.134 e. The van der Waals surface area contributed by atoms with Crippen molar-refractivity contribution in [2.45, 2.75) is 0 Å². The monoisotopic (exact) mass is 624 g/mol. The normalized spacial score (nSPS) is 10.7. The Morgan fingerprint density at radius 1 is 0.250 bits per heavy atom. The van der Waals surface area contributed by atoms with E-state index >= 15 is 0 Å². The summed E-state index contributed by atoms with van der Waals surface area (Å²) in [5.74, 6) is 39.6. The highest BCUT2D eigenvalue weighted by Crippen LogP contribution is 2.20. The molecule has 0 saturated carbocycles. The van der Waals surface area contributed by atoms with E-state index in [1.54, 1.807) is 45.3 Å². The zero-order valence-corrected chi connectivity index (χ0v) is 26.1. The molecule has 0 unspecified atom stereocenters. The first-order chi connectivity index (χ1) is 21.8. The Hall–Kier alpha value is -5.40. The Kier molecular flexibility index (Phi) is 8.01. The summed E-state index contributed by atoms with van der Waals surface area (Å²) in [7, 11) is 0. The molecule has 0 fully saturated rings. The molecule has 4 heteroatoms. The minimum atomic E-state index is 0.922. The second-order valence-corrected chi connectivity index (χ2v) is 13.0. The van der Waals surface area contributed by atoms with Crippen molar-refractivity contribution in [3.63, 3.8) is 0 Å². The Morgan fingerprint density at radius 2 is 0.477 bits per heavy atom. The molecule has 0 spiro atoms. The Morgan fingerprint density at radius 3 is 0.773 bits per heavy atom. The van der Waals surface area contributed by atoms with E-state index in [1.807, 2.05) is 94.3 Å². The molecule has 0 saturated heterocycles. The third-order valence-electron chi connectivity index (χ3n) is 6.38. The Labute approximate surface area is 273 Å². The van der Waals surface area contributed by atoms with Crippen molar-refractivity contribution in [2.24, 2.45) is 0 Å². The summed E-state index contributed by atoms with van der Waals surface area (Å²) < 4.78 is 0. The molecule has 6 aromatic rings. The number of rotatable bonds is 0. The minimum absolute atomic E-state index is 0.922. The van der Waals surface area contributed by atoms with Crippen LogP contribution in [0.1, 0.15) is 64.0 Å². The van der Waals surface area contributed by atoms with Gasteiger partial charge >= 0.3 is 0 Å². The van der Waals surface area contributed by atoms with Crippen LogP contribution in [0.15, 0.2) is 94.3 Å². The summed E-state index contributed by atoms with van der Waals surface area (Å²) in [5, 5.41) is 8.11. The van der Waals surface area contributed by atoms with Gasteiger partial charge in [0.2, 0.25) is 0 Å². The van der Waals surface area contributed by atoms with Crippen LogP contribution in [-0.4, -0.2) is 0 Å². The summed E-state index contributed by atoms with van der Waals surface area (Å²) in [6.07, 6.45) is 0. The Balaban J connectivity index is 1.28. The van der Waals surface area contributed by atoms with Crippen LogP contribution >= 0.6 is 45.3 Å². The number of hydrogen-bond acceptors (Lipinski definition) is 4. The molecule has 4 aliphatic carbocycles. The number of benzene rings is 2. The first kappa shape index (κ1) is 27.4. The van der Waals surface area contributed by atoms with Crippen LogP contribution in [0.25, 0.3) is 0 Å². The summed E-state index contributed by atoms with van der Waals surface area (Å²) in [6, 6.07) is 24.1. The SMILES string of the molecule is C1#Cc2ccsc2C#Cc2ccsc2C#Cc2ccc(cc2)C#Cc2sccc2C#Cc2sccc2C#Cc2ccc1cc2. The lowest BCUT2D eigenvalue weighted by atomic mass is 10.1. The maximum absolute atomic E-state index is 3.32. The fourth-order valence-corrected chi connectivity index (χ4v) is 6.86. The van der Waals surface area contributed by atoms with E-state index in [1.165, 1.54) is 0 Å². The molecule has 0 aliphatic heterocycles. The topological polar surface area (TPSA) is 0 Å². The summed E-state index contributed by atoms with van der Waals surface area (Å²) in [4.78, 5) is 3.78. The third kappa shape index (κ3) is 6.48. The molecule has 200 valence electrons. The van der Waals surface area contributed by atoms with E-state index in [0.29, 0.717) is 0 Å². The van der Waals surface area contributed by atoms with Crippen molar-refractivity contribution in [2.75, 3.05) is 0 Å². The predicted octanol–water partition coefficient (Wildman–Crippen LogP) is 8.64. The van der Waals surface area contributed by atoms with E-state index < -0.39 is 0 Å². The maximum Gasteiger partial charge on any atom is 0.0928 e. The van der Waals surface area contributed by atoms with Gasteiger partial charge < -0.3 is 0 Å². The van der Waals surface area contributed by atoms with E-state index in [4.69, 9.17) is 0 Å². The fraction of sp³-hybridized carbons (Fsp3) is 0. The molecule has 4 heterocycles. The van der Waals surface area contributed by atoms with Gasteiger partial charge in [0.05, 0.1) is 41.8 Å². The second kappa shape index (κ2) is 12.9. The molecule has 4 aliphatic rings. The molecule has 44 heavy (non-hydrogen) atoms. The predicted molar refractivity (Wildman–Crippen MR) is 186 cm³/mol. The van der Waals surface area contributed by atoms with Gasteiger partial charge in [0.15, 0.2) is 0 Å². The van der Waals surface area contributed by atoms with Gasteiger partial charge in [0.25, 0.3) is 0 Å². The molecule has 0 amide bonds. The Bertz CT molecular complexity index is 2060. The fourth-order valence-electron chi connectivity index (χ4n) is 4.08. The number of thiophene rings is 4. The first-order valence-corrected chi connectivity index (χ1v) is 16.9. The van der Waals surface area contributed by atoms with Crippen LogP contribution < -0.4 is 0 Å². The van der Waals surface area contributed by atoms with Crippen molar-refractivity contribution in [1.82, 2.24) is 0 Å². The molecule has 0 atom stereocenters. The van der Waals surface area contributed by atoms with Crippen molar-refractivity contribution in [3.8, 4) is 71.0 Å². The summed E-state index contributed by atoms with van der Waals surface area (Å²) in [6.45, 7) is 0. The van der Waals surface area contributed by atoms with Gasteiger partial charge in [0.1, 0.15) is 0 Å². The average Bonchev–Trinajstić information content (AvgIpc) is 3.87. The third-order valence-corrected chi connectivity index (χ3v) is 9.70. The van der Waals surface area contributed by atoms with Gasteiger partial charge in [-0.15, -0.1) is 45.3 Å². The van der Waals surface area contributed by atoms with Crippen molar-refractivity contribution >= 4 is 45.3 Å². The largest absolute Gasteiger partial charge is 0.134 e. The van der Waals surface area contributed by atoms with Crippen LogP contribution in [0.4, 0.5) is 0 Å². The zero-order valence-electron chi connectivity index (χ0n) is 22.9. The highest BCUT2D eigenvalue weighted by atomic mass is 32.1. The molecule has 0 nitrogen and oxygen atoms in total. The van der Waals surface area contributed by atoms with Gasteiger partial charge in [-0.25, -0.2) is 0 Å². The van der Waals surface area contributed by atoms with Crippen LogP contribution in [-0.2, 0) is 0 Å². The molecule has 2 aromatic carbocycles. The lowest BCUT2D eigenvalue weighted by Gasteiger charge is -1.93. The van der Waals surface area contributed by atoms with Crippen LogP contribution in [0.2, 0.25) is 0 Å². The van der Waals surface area contributed by atoms with E-state index in [2.05, 4.69) is 71.0 Å². The smallest absolute Gasteiger partial charge is 0.0928 e. The highest BCUT2D eigenvalue weighted by Gasteiger charge is 2.03. The molecule has 0 N–H and O–H groups in total. The van der Waals surface area contributed by atoms with Crippen LogP contribution in [0, 0.1) is 71.0 Å². The van der Waals surface area contributed by atoms with Crippen molar-refractivity contribution in [3.05, 3.63) is 158 Å².